The molecule has 0 unspecified atom stereocenters. The van der Waals surface area contributed by atoms with E-state index in [1.54, 1.807) is 12.0 Å². The van der Waals surface area contributed by atoms with Gasteiger partial charge >= 0.3 is 6.09 Å². The predicted molar refractivity (Wildman–Crippen MR) is 145 cm³/mol. The summed E-state index contributed by atoms with van der Waals surface area (Å²) in [4.78, 5) is 15.3. The predicted octanol–water partition coefficient (Wildman–Crippen LogP) is 5.67. The molecular weight excluding hydrogens is 464 g/mol. The first-order valence-electron chi connectivity index (χ1n) is 13.0. The summed E-state index contributed by atoms with van der Waals surface area (Å²) in [7, 11) is 1.68. The second kappa shape index (κ2) is 12.3. The number of ether oxygens (including phenoxy) is 2. The number of nitrogens with zero attached hydrogens (tertiary/aromatic N) is 1. The molecule has 0 spiro atoms. The summed E-state index contributed by atoms with van der Waals surface area (Å²) >= 11 is 0. The molecule has 0 aromatic heterocycles. The van der Waals surface area contributed by atoms with Crippen LogP contribution in [0.25, 0.3) is 0 Å². The Labute approximate surface area is 220 Å². The van der Waals surface area contributed by atoms with Gasteiger partial charge in [-0.2, -0.15) is 0 Å². The van der Waals surface area contributed by atoms with Crippen molar-refractivity contribution in [2.24, 2.45) is 5.92 Å². The van der Waals surface area contributed by atoms with Crippen LogP contribution in [0.4, 0.5) is 4.79 Å². The van der Waals surface area contributed by atoms with Crippen molar-refractivity contribution < 1.29 is 19.4 Å². The number of aliphatic hydroxyl groups excluding tert-OH is 1. The molecule has 1 fully saturated rings. The Balaban J connectivity index is 1.62. The van der Waals surface area contributed by atoms with E-state index in [-0.39, 0.29) is 43.4 Å². The van der Waals surface area contributed by atoms with Crippen molar-refractivity contribution in [1.29, 1.82) is 0 Å². The van der Waals surface area contributed by atoms with Crippen LogP contribution in [-0.2, 0) is 17.9 Å². The maximum Gasteiger partial charge on any atom is 0.410 e. The number of aliphatic hydroxyl groups is 1. The van der Waals surface area contributed by atoms with E-state index >= 15 is 0 Å². The molecule has 0 radical (unpaired) electrons. The molecule has 3 aromatic rings. The topological polar surface area (TPSA) is 71.0 Å². The largest absolute Gasteiger partial charge is 0.496 e. The summed E-state index contributed by atoms with van der Waals surface area (Å²) in [5.41, 5.74) is 4.23. The van der Waals surface area contributed by atoms with E-state index in [1.807, 2.05) is 73.7 Å². The molecule has 0 aliphatic carbocycles. The number of hydrogen-bond donors (Lipinski definition) is 2. The number of rotatable bonds is 9. The standard InChI is InChI=1S/C31H38N2O4/c1-21(2)25-15-16-28(36-4)26(17-25)18-32-29-27(19-34)22(3)33(30(29)24-13-9-6-10-14-24)31(35)37-20-23-11-7-5-8-12-23/h5-17,21-22,27,29-30,32,34H,18-20H2,1-4H3/t22-,27-,29+,30+/m1/s1. The summed E-state index contributed by atoms with van der Waals surface area (Å²) in [6.45, 7) is 7.03. The molecule has 37 heavy (non-hydrogen) atoms. The molecule has 0 saturated carbocycles. The molecule has 2 N–H and O–H groups in total. The van der Waals surface area contributed by atoms with E-state index in [4.69, 9.17) is 9.47 Å². The third-order valence-corrected chi connectivity index (χ3v) is 7.43. The van der Waals surface area contributed by atoms with Gasteiger partial charge in [0.05, 0.1) is 13.2 Å². The van der Waals surface area contributed by atoms with Crippen molar-refractivity contribution in [3.8, 4) is 5.75 Å². The lowest BCUT2D eigenvalue weighted by molar-refractivity contribution is 0.0748. The van der Waals surface area contributed by atoms with E-state index in [9.17, 15) is 9.90 Å². The highest BCUT2D eigenvalue weighted by Gasteiger charge is 2.49. The fourth-order valence-electron chi connectivity index (χ4n) is 5.31. The molecule has 6 nitrogen and oxygen atoms in total. The Morgan fingerprint density at radius 1 is 1.03 bits per heavy atom. The van der Waals surface area contributed by atoms with E-state index < -0.39 is 0 Å². The number of hydrogen-bond acceptors (Lipinski definition) is 5. The summed E-state index contributed by atoms with van der Waals surface area (Å²) in [6, 6.07) is 25.2. The van der Waals surface area contributed by atoms with Crippen LogP contribution in [0, 0.1) is 5.92 Å². The minimum absolute atomic E-state index is 0.0478. The first-order chi connectivity index (χ1) is 17.9. The van der Waals surface area contributed by atoms with Crippen molar-refractivity contribution in [3.63, 3.8) is 0 Å². The summed E-state index contributed by atoms with van der Waals surface area (Å²) in [6.07, 6.45) is -0.382. The molecule has 1 aliphatic heterocycles. The molecule has 4 atom stereocenters. The van der Waals surface area contributed by atoms with Crippen molar-refractivity contribution in [3.05, 3.63) is 101 Å². The lowest BCUT2D eigenvalue weighted by Crippen LogP contribution is -2.40. The van der Waals surface area contributed by atoms with Gasteiger partial charge in [0.1, 0.15) is 12.4 Å². The van der Waals surface area contributed by atoms with Gasteiger partial charge in [-0.25, -0.2) is 4.79 Å². The molecule has 3 aromatic carbocycles. The maximum atomic E-state index is 13.5. The quantitative estimate of drug-likeness (QED) is 0.395. The molecule has 1 aliphatic rings. The fourth-order valence-corrected chi connectivity index (χ4v) is 5.31. The van der Waals surface area contributed by atoms with Gasteiger partial charge in [-0.1, -0.05) is 86.6 Å². The Morgan fingerprint density at radius 3 is 2.32 bits per heavy atom. The van der Waals surface area contributed by atoms with Gasteiger partial charge < -0.3 is 19.9 Å². The Morgan fingerprint density at radius 2 is 1.70 bits per heavy atom. The normalized spacial score (nSPS) is 21.3. The molecule has 4 rings (SSSR count). The SMILES string of the molecule is COc1ccc(C(C)C)cc1CN[C@H]1[C@H](CO)[C@@H](C)N(C(=O)OCc2ccccc2)[C@H]1c1ccccc1. The minimum atomic E-state index is -0.382. The van der Waals surface area contributed by atoms with E-state index in [1.165, 1.54) is 5.56 Å². The van der Waals surface area contributed by atoms with Gasteiger partial charge in [0, 0.05) is 36.7 Å². The van der Waals surface area contributed by atoms with E-state index in [0.29, 0.717) is 12.5 Å². The molecular formula is C31H38N2O4. The zero-order valence-corrected chi connectivity index (χ0v) is 22.1. The monoisotopic (exact) mass is 502 g/mol. The zero-order chi connectivity index (χ0) is 26.4. The summed E-state index contributed by atoms with van der Waals surface area (Å²) in [5.74, 6) is 1.04. The highest BCUT2D eigenvalue weighted by Crippen LogP contribution is 2.41. The molecule has 0 bridgehead atoms. The summed E-state index contributed by atoms with van der Waals surface area (Å²) < 4.78 is 11.4. The van der Waals surface area contributed by atoms with Crippen molar-refractivity contribution >= 4 is 6.09 Å². The Bertz CT molecular complexity index is 1150. The number of methoxy groups -OCH3 is 1. The number of amides is 1. The molecule has 1 heterocycles. The molecule has 196 valence electrons. The first kappa shape index (κ1) is 26.7. The minimum Gasteiger partial charge on any atom is -0.496 e. The van der Waals surface area contributed by atoms with E-state index in [2.05, 4.69) is 31.3 Å². The van der Waals surface area contributed by atoms with Crippen molar-refractivity contribution in [1.82, 2.24) is 10.2 Å². The van der Waals surface area contributed by atoms with Crippen LogP contribution in [0.5, 0.6) is 5.75 Å². The Kier molecular flexibility index (Phi) is 8.85. The number of nitrogens with one attached hydrogen (secondary N) is 1. The number of carbonyl (C=O) groups is 1. The van der Waals surface area contributed by atoms with E-state index in [0.717, 1.165) is 22.4 Å². The van der Waals surface area contributed by atoms with Crippen LogP contribution in [-0.4, -0.2) is 41.9 Å². The van der Waals surface area contributed by atoms with Crippen LogP contribution in [0.15, 0.2) is 78.9 Å². The molecule has 6 heteroatoms. The second-order valence-electron chi connectivity index (χ2n) is 10.0. The highest BCUT2D eigenvalue weighted by atomic mass is 16.6. The lowest BCUT2D eigenvalue weighted by Gasteiger charge is -2.30. The number of carbonyl (C=O) groups excluding carboxylic acids is 1. The van der Waals surface area contributed by atoms with Crippen molar-refractivity contribution in [2.45, 2.75) is 58.0 Å². The van der Waals surface area contributed by atoms with Gasteiger partial charge in [-0.15, -0.1) is 0 Å². The van der Waals surface area contributed by atoms with Gasteiger partial charge in [0.2, 0.25) is 0 Å². The van der Waals surface area contributed by atoms with Crippen LogP contribution >= 0.6 is 0 Å². The summed E-state index contributed by atoms with van der Waals surface area (Å²) in [5, 5.41) is 14.1. The smallest absolute Gasteiger partial charge is 0.410 e. The lowest BCUT2D eigenvalue weighted by atomic mass is 9.91. The van der Waals surface area contributed by atoms with Crippen LogP contribution in [0.3, 0.4) is 0 Å². The maximum absolute atomic E-state index is 13.5. The molecule has 1 amide bonds. The highest BCUT2D eigenvalue weighted by molar-refractivity contribution is 5.70. The third-order valence-electron chi connectivity index (χ3n) is 7.43. The average Bonchev–Trinajstić information content (AvgIpc) is 3.22. The molecule has 1 saturated heterocycles. The number of likely N-dealkylation sites (tertiary alicyclic amines) is 1. The van der Waals surface area contributed by atoms with Crippen LogP contribution in [0.1, 0.15) is 55.0 Å². The number of benzene rings is 3. The van der Waals surface area contributed by atoms with Crippen LogP contribution in [0.2, 0.25) is 0 Å². The van der Waals surface area contributed by atoms with Gasteiger partial charge in [0.15, 0.2) is 0 Å². The van der Waals surface area contributed by atoms with Crippen molar-refractivity contribution in [2.75, 3.05) is 13.7 Å². The second-order valence-corrected chi connectivity index (χ2v) is 10.0. The third kappa shape index (κ3) is 5.97. The first-order valence-corrected chi connectivity index (χ1v) is 13.0. The van der Waals surface area contributed by atoms with Gasteiger partial charge in [-0.3, -0.25) is 4.90 Å². The van der Waals surface area contributed by atoms with Gasteiger partial charge in [0.25, 0.3) is 0 Å². The Hall–Kier alpha value is -3.35. The fraction of sp³-hybridized carbons (Fsp3) is 0.387. The van der Waals surface area contributed by atoms with Crippen LogP contribution < -0.4 is 10.1 Å². The zero-order valence-electron chi connectivity index (χ0n) is 22.1. The van der Waals surface area contributed by atoms with Gasteiger partial charge in [-0.05, 0) is 35.6 Å². The average molecular weight is 503 g/mol.